The second-order valence-corrected chi connectivity index (χ2v) is 4.84. The largest absolute Gasteiger partial charge is 0.324 e. The molecule has 0 aliphatic rings. The molecule has 1 unspecified atom stereocenters. The predicted molar refractivity (Wildman–Crippen MR) is 67.4 cm³/mol. The Bertz CT molecular complexity index is 500. The van der Waals surface area contributed by atoms with Gasteiger partial charge in [-0.05, 0) is 31.2 Å². The van der Waals surface area contributed by atoms with Gasteiger partial charge in [-0.3, -0.25) is 4.98 Å². The average Bonchev–Trinajstić information content (AvgIpc) is 2.30. The molecule has 1 heterocycles. The van der Waals surface area contributed by atoms with E-state index >= 15 is 0 Å². The van der Waals surface area contributed by atoms with Crippen LogP contribution in [0.25, 0.3) is 0 Å². The van der Waals surface area contributed by atoms with Crippen molar-refractivity contribution in [3.8, 4) is 0 Å². The highest BCUT2D eigenvalue weighted by Gasteiger charge is 2.13. The van der Waals surface area contributed by atoms with Crippen molar-refractivity contribution in [1.82, 2.24) is 4.98 Å². The van der Waals surface area contributed by atoms with E-state index in [1.54, 1.807) is 25.4 Å². The van der Waals surface area contributed by atoms with Crippen LogP contribution in [0.4, 0.5) is 4.39 Å². The Labute approximate surface area is 104 Å². The van der Waals surface area contributed by atoms with Gasteiger partial charge in [-0.2, -0.15) is 0 Å². The monoisotopic (exact) mass is 248 g/mol. The third-order valence-corrected chi connectivity index (χ3v) is 3.43. The maximum absolute atomic E-state index is 13.7. The van der Waals surface area contributed by atoms with E-state index in [0.29, 0.717) is 5.56 Å². The summed E-state index contributed by atoms with van der Waals surface area (Å²) in [5.41, 5.74) is 6.37. The van der Waals surface area contributed by atoms with Gasteiger partial charge in [0.15, 0.2) is 0 Å². The number of halogens is 1. The van der Waals surface area contributed by atoms with Gasteiger partial charge in [0.1, 0.15) is 5.82 Å². The van der Waals surface area contributed by atoms with Crippen molar-refractivity contribution in [3.05, 3.63) is 54.1 Å². The van der Waals surface area contributed by atoms with E-state index in [9.17, 15) is 4.39 Å². The number of benzene rings is 1. The first kappa shape index (κ1) is 12.1. The molecule has 0 radical (unpaired) electrons. The maximum Gasteiger partial charge on any atom is 0.129 e. The topological polar surface area (TPSA) is 38.9 Å². The maximum atomic E-state index is 13.7. The van der Waals surface area contributed by atoms with Gasteiger partial charge in [0.25, 0.3) is 0 Å². The SMILES string of the molecule is CC(N)c1c(F)cccc1Sc1ccncc1. The summed E-state index contributed by atoms with van der Waals surface area (Å²) >= 11 is 1.50. The molecule has 1 atom stereocenters. The molecule has 1 aromatic heterocycles. The van der Waals surface area contributed by atoms with Crippen LogP contribution in [0.1, 0.15) is 18.5 Å². The number of pyridine rings is 1. The lowest BCUT2D eigenvalue weighted by molar-refractivity contribution is 0.585. The molecule has 1 aromatic carbocycles. The van der Waals surface area contributed by atoms with E-state index in [1.807, 2.05) is 18.2 Å². The first-order valence-corrected chi connectivity index (χ1v) is 6.12. The van der Waals surface area contributed by atoms with Crippen molar-refractivity contribution in [2.24, 2.45) is 5.73 Å². The minimum atomic E-state index is -0.319. The van der Waals surface area contributed by atoms with Crippen molar-refractivity contribution in [3.63, 3.8) is 0 Å². The molecule has 0 bridgehead atoms. The lowest BCUT2D eigenvalue weighted by Gasteiger charge is -2.13. The van der Waals surface area contributed by atoms with Crippen LogP contribution in [-0.4, -0.2) is 4.98 Å². The zero-order chi connectivity index (χ0) is 12.3. The summed E-state index contributed by atoms with van der Waals surface area (Å²) in [6.07, 6.45) is 3.43. The van der Waals surface area contributed by atoms with Gasteiger partial charge in [-0.25, -0.2) is 4.39 Å². The third kappa shape index (κ3) is 2.84. The van der Waals surface area contributed by atoms with Crippen LogP contribution in [0.5, 0.6) is 0 Å². The van der Waals surface area contributed by atoms with Crippen LogP contribution in [0.2, 0.25) is 0 Å². The number of rotatable bonds is 3. The van der Waals surface area contributed by atoms with Gasteiger partial charge in [-0.15, -0.1) is 0 Å². The van der Waals surface area contributed by atoms with E-state index in [0.717, 1.165) is 9.79 Å². The minimum Gasteiger partial charge on any atom is -0.324 e. The second-order valence-electron chi connectivity index (χ2n) is 3.73. The molecular weight excluding hydrogens is 235 g/mol. The van der Waals surface area contributed by atoms with E-state index in [2.05, 4.69) is 4.98 Å². The van der Waals surface area contributed by atoms with E-state index in [4.69, 9.17) is 5.73 Å². The standard InChI is InChI=1S/C13H13FN2S/c1-9(15)13-11(14)3-2-4-12(13)17-10-5-7-16-8-6-10/h2-9H,15H2,1H3. The molecule has 2 rings (SSSR count). The fourth-order valence-electron chi connectivity index (χ4n) is 1.58. The number of hydrogen-bond acceptors (Lipinski definition) is 3. The molecule has 2 aromatic rings. The van der Waals surface area contributed by atoms with Crippen LogP contribution in [0, 0.1) is 5.82 Å². The van der Waals surface area contributed by atoms with Gasteiger partial charge in [-0.1, -0.05) is 17.8 Å². The summed E-state index contributed by atoms with van der Waals surface area (Å²) in [7, 11) is 0. The molecular formula is C13H13FN2S. The molecule has 0 fully saturated rings. The molecule has 0 aliphatic carbocycles. The summed E-state index contributed by atoms with van der Waals surface area (Å²) < 4.78 is 13.7. The predicted octanol–water partition coefficient (Wildman–Crippen LogP) is 3.39. The number of aromatic nitrogens is 1. The summed E-state index contributed by atoms with van der Waals surface area (Å²) in [4.78, 5) is 5.82. The second kappa shape index (κ2) is 5.29. The third-order valence-electron chi connectivity index (χ3n) is 2.35. The van der Waals surface area contributed by atoms with Crippen molar-refractivity contribution in [2.45, 2.75) is 22.8 Å². The molecule has 2 nitrogen and oxygen atoms in total. The fraction of sp³-hybridized carbons (Fsp3) is 0.154. The zero-order valence-electron chi connectivity index (χ0n) is 9.43. The van der Waals surface area contributed by atoms with E-state index in [-0.39, 0.29) is 11.9 Å². The normalized spacial score (nSPS) is 12.4. The Hall–Kier alpha value is -1.39. The highest BCUT2D eigenvalue weighted by atomic mass is 32.2. The zero-order valence-corrected chi connectivity index (χ0v) is 10.2. The van der Waals surface area contributed by atoms with Gasteiger partial charge in [0, 0.05) is 33.8 Å². The molecule has 0 saturated carbocycles. The van der Waals surface area contributed by atoms with Crippen molar-refractivity contribution in [2.75, 3.05) is 0 Å². The lowest BCUT2D eigenvalue weighted by Crippen LogP contribution is -2.08. The quantitative estimate of drug-likeness (QED) is 0.905. The fourth-order valence-corrected chi connectivity index (χ4v) is 2.63. The Kier molecular flexibility index (Phi) is 3.76. The Morgan fingerprint density at radius 3 is 2.59 bits per heavy atom. The van der Waals surface area contributed by atoms with Crippen molar-refractivity contribution < 1.29 is 4.39 Å². The molecule has 88 valence electrons. The Morgan fingerprint density at radius 1 is 1.24 bits per heavy atom. The van der Waals surface area contributed by atoms with Crippen LogP contribution in [0.15, 0.2) is 52.5 Å². The number of nitrogens with zero attached hydrogens (tertiary/aromatic N) is 1. The van der Waals surface area contributed by atoms with Gasteiger partial charge >= 0.3 is 0 Å². The highest BCUT2D eigenvalue weighted by molar-refractivity contribution is 7.99. The summed E-state index contributed by atoms with van der Waals surface area (Å²) in [6, 6.07) is 8.48. The molecule has 0 amide bonds. The van der Waals surface area contributed by atoms with E-state index < -0.39 is 0 Å². The summed E-state index contributed by atoms with van der Waals surface area (Å²) in [6.45, 7) is 1.79. The van der Waals surface area contributed by atoms with Crippen LogP contribution in [0.3, 0.4) is 0 Å². The molecule has 0 saturated heterocycles. The molecule has 0 spiro atoms. The molecule has 0 aliphatic heterocycles. The van der Waals surface area contributed by atoms with Gasteiger partial charge in [0.05, 0.1) is 0 Å². The van der Waals surface area contributed by atoms with Crippen LogP contribution in [-0.2, 0) is 0 Å². The number of nitrogens with two attached hydrogens (primary N) is 1. The molecule has 17 heavy (non-hydrogen) atoms. The van der Waals surface area contributed by atoms with Crippen molar-refractivity contribution >= 4 is 11.8 Å². The summed E-state index contributed by atoms with van der Waals surface area (Å²) in [5, 5.41) is 0. The van der Waals surface area contributed by atoms with Gasteiger partial charge < -0.3 is 5.73 Å². The summed E-state index contributed by atoms with van der Waals surface area (Å²) in [5.74, 6) is -0.251. The highest BCUT2D eigenvalue weighted by Crippen LogP contribution is 2.33. The van der Waals surface area contributed by atoms with Crippen LogP contribution >= 0.6 is 11.8 Å². The van der Waals surface area contributed by atoms with Crippen LogP contribution < -0.4 is 5.73 Å². The first-order valence-electron chi connectivity index (χ1n) is 5.30. The first-order chi connectivity index (χ1) is 8.18. The van der Waals surface area contributed by atoms with E-state index in [1.165, 1.54) is 17.8 Å². The van der Waals surface area contributed by atoms with Gasteiger partial charge in [0.2, 0.25) is 0 Å². The minimum absolute atomic E-state index is 0.251. The lowest BCUT2D eigenvalue weighted by atomic mass is 10.1. The Morgan fingerprint density at radius 2 is 1.94 bits per heavy atom. The number of hydrogen-bond donors (Lipinski definition) is 1. The van der Waals surface area contributed by atoms with Crippen molar-refractivity contribution in [1.29, 1.82) is 0 Å². The smallest absolute Gasteiger partial charge is 0.129 e. The molecule has 4 heteroatoms. The Balaban J connectivity index is 2.36. The molecule has 2 N–H and O–H groups in total. The average molecular weight is 248 g/mol.